The van der Waals surface area contributed by atoms with Crippen LogP contribution in [0, 0.1) is 5.82 Å². The molecule has 2 aromatic carbocycles. The fourth-order valence-corrected chi connectivity index (χ4v) is 3.97. The van der Waals surface area contributed by atoms with Gasteiger partial charge >= 0.3 is 5.97 Å². The zero-order chi connectivity index (χ0) is 19.4. The zero-order valence-corrected chi connectivity index (χ0v) is 16.4. The molecule has 5 nitrogen and oxygen atoms in total. The van der Waals surface area contributed by atoms with E-state index in [2.05, 4.69) is 4.99 Å². The number of ether oxygens (including phenoxy) is 1. The first kappa shape index (κ1) is 19.3. The molecule has 0 saturated carbocycles. The fraction of sp³-hybridized carbons (Fsp3) is 0.211. The minimum absolute atomic E-state index is 0.100. The Morgan fingerprint density at radius 1 is 1.22 bits per heavy atom. The lowest BCUT2D eigenvalue weighted by Gasteiger charge is -2.05. The molecule has 1 aromatic heterocycles. The number of halogens is 1. The van der Waals surface area contributed by atoms with Gasteiger partial charge in [0.25, 0.3) is 5.91 Å². The van der Waals surface area contributed by atoms with E-state index in [9.17, 15) is 14.0 Å². The van der Waals surface area contributed by atoms with Gasteiger partial charge in [-0.15, -0.1) is 11.8 Å². The van der Waals surface area contributed by atoms with E-state index in [1.54, 1.807) is 41.5 Å². The topological polar surface area (TPSA) is 60.7 Å². The van der Waals surface area contributed by atoms with Gasteiger partial charge in [0.2, 0.25) is 0 Å². The lowest BCUT2D eigenvalue weighted by atomic mass is 10.2. The maximum Gasteiger partial charge on any atom is 0.326 e. The van der Waals surface area contributed by atoms with Crippen LogP contribution in [-0.4, -0.2) is 29.3 Å². The summed E-state index contributed by atoms with van der Waals surface area (Å²) in [6, 6.07) is 11.3. The standard InChI is InChI=1S/C19H17FN2O3S2/c1-3-25-17(23)11-22-15-9-6-13(20)10-16(15)27-19(22)21-18(24)12-4-7-14(26-2)8-5-12/h4-10H,3,11H2,1-2H3. The van der Waals surface area contributed by atoms with Crippen molar-refractivity contribution < 1.29 is 18.7 Å². The Bertz CT molecular complexity index is 1050. The summed E-state index contributed by atoms with van der Waals surface area (Å²) in [6.07, 6.45) is 1.95. The highest BCUT2D eigenvalue weighted by atomic mass is 32.2. The Hall–Kier alpha value is -2.45. The molecule has 140 valence electrons. The number of thioether (sulfide) groups is 1. The van der Waals surface area contributed by atoms with Crippen molar-refractivity contribution in [3.63, 3.8) is 0 Å². The molecule has 0 radical (unpaired) electrons. The molecule has 3 aromatic rings. The summed E-state index contributed by atoms with van der Waals surface area (Å²) in [5, 5.41) is 0. The average molecular weight is 404 g/mol. The van der Waals surface area contributed by atoms with Crippen LogP contribution >= 0.6 is 23.1 Å². The van der Waals surface area contributed by atoms with Crippen molar-refractivity contribution in [3.05, 3.63) is 58.6 Å². The van der Waals surface area contributed by atoms with E-state index in [-0.39, 0.29) is 13.2 Å². The van der Waals surface area contributed by atoms with E-state index in [0.717, 1.165) is 16.2 Å². The summed E-state index contributed by atoms with van der Waals surface area (Å²) in [4.78, 5) is 30.0. The number of esters is 1. The van der Waals surface area contributed by atoms with Crippen LogP contribution in [0.3, 0.4) is 0 Å². The Kier molecular flexibility index (Phi) is 6.08. The van der Waals surface area contributed by atoms with Gasteiger partial charge in [-0.2, -0.15) is 4.99 Å². The van der Waals surface area contributed by atoms with Crippen molar-refractivity contribution in [1.82, 2.24) is 4.57 Å². The summed E-state index contributed by atoms with van der Waals surface area (Å²) >= 11 is 2.73. The second-order valence-electron chi connectivity index (χ2n) is 5.53. The zero-order valence-electron chi connectivity index (χ0n) is 14.8. The van der Waals surface area contributed by atoms with E-state index in [4.69, 9.17) is 4.74 Å². The molecule has 0 spiro atoms. The molecule has 27 heavy (non-hydrogen) atoms. The highest BCUT2D eigenvalue weighted by Gasteiger charge is 2.13. The van der Waals surface area contributed by atoms with Gasteiger partial charge in [-0.1, -0.05) is 11.3 Å². The monoisotopic (exact) mass is 404 g/mol. The molecule has 3 rings (SSSR count). The normalized spacial score (nSPS) is 11.7. The molecule has 1 amide bonds. The van der Waals surface area contributed by atoms with Crippen LogP contribution in [0.4, 0.5) is 4.39 Å². The molecule has 0 saturated heterocycles. The second kappa shape index (κ2) is 8.49. The first-order valence-electron chi connectivity index (χ1n) is 8.19. The number of amides is 1. The number of nitrogens with zero attached hydrogens (tertiary/aromatic N) is 2. The van der Waals surface area contributed by atoms with Gasteiger partial charge in [-0.25, -0.2) is 4.39 Å². The van der Waals surface area contributed by atoms with Gasteiger partial charge in [0, 0.05) is 10.5 Å². The first-order chi connectivity index (χ1) is 13.0. The summed E-state index contributed by atoms with van der Waals surface area (Å²) < 4.78 is 20.7. The van der Waals surface area contributed by atoms with Crippen molar-refractivity contribution in [2.75, 3.05) is 12.9 Å². The number of rotatable bonds is 5. The molecule has 0 atom stereocenters. The highest BCUT2D eigenvalue weighted by molar-refractivity contribution is 7.98. The van der Waals surface area contributed by atoms with Crippen LogP contribution in [0.2, 0.25) is 0 Å². The third kappa shape index (κ3) is 4.45. The van der Waals surface area contributed by atoms with Crippen LogP contribution < -0.4 is 4.80 Å². The maximum atomic E-state index is 13.6. The first-order valence-corrected chi connectivity index (χ1v) is 10.2. The Balaban J connectivity index is 2.06. The number of carbonyl (C=O) groups is 2. The minimum atomic E-state index is -0.445. The number of hydrogen-bond donors (Lipinski definition) is 0. The van der Waals surface area contributed by atoms with E-state index < -0.39 is 17.7 Å². The van der Waals surface area contributed by atoms with Gasteiger partial charge in [0.05, 0.1) is 16.8 Å². The molecular formula is C19H17FN2O3S2. The van der Waals surface area contributed by atoms with E-state index in [0.29, 0.717) is 20.6 Å². The smallest absolute Gasteiger partial charge is 0.326 e. The molecule has 0 N–H and O–H groups in total. The van der Waals surface area contributed by atoms with Gasteiger partial charge in [0.15, 0.2) is 4.80 Å². The van der Waals surface area contributed by atoms with Crippen molar-refractivity contribution in [2.24, 2.45) is 4.99 Å². The molecule has 0 bridgehead atoms. The Morgan fingerprint density at radius 2 is 1.96 bits per heavy atom. The molecule has 0 aliphatic heterocycles. The predicted octanol–water partition coefficient (Wildman–Crippen LogP) is 3.87. The lowest BCUT2D eigenvalue weighted by molar-refractivity contribution is -0.143. The predicted molar refractivity (Wildman–Crippen MR) is 105 cm³/mol. The second-order valence-corrected chi connectivity index (χ2v) is 7.42. The van der Waals surface area contributed by atoms with Crippen molar-refractivity contribution in [2.45, 2.75) is 18.4 Å². The molecule has 0 fully saturated rings. The average Bonchev–Trinajstić information content (AvgIpc) is 2.98. The van der Waals surface area contributed by atoms with Crippen LogP contribution in [0.15, 0.2) is 52.4 Å². The number of carbonyl (C=O) groups excluding carboxylic acids is 2. The van der Waals surface area contributed by atoms with Crippen molar-refractivity contribution in [1.29, 1.82) is 0 Å². The molecular weight excluding hydrogens is 387 g/mol. The number of thiazole rings is 1. The lowest BCUT2D eigenvalue weighted by Crippen LogP contribution is -2.23. The Morgan fingerprint density at radius 3 is 2.63 bits per heavy atom. The number of aromatic nitrogens is 1. The summed E-state index contributed by atoms with van der Waals surface area (Å²) in [7, 11) is 0. The highest BCUT2D eigenvalue weighted by Crippen LogP contribution is 2.19. The fourth-order valence-electron chi connectivity index (χ4n) is 2.51. The van der Waals surface area contributed by atoms with Crippen LogP contribution in [-0.2, 0) is 16.1 Å². The van der Waals surface area contributed by atoms with Crippen molar-refractivity contribution in [3.8, 4) is 0 Å². The molecule has 8 heteroatoms. The molecule has 0 aliphatic rings. The SMILES string of the molecule is CCOC(=O)Cn1c(=NC(=O)c2ccc(SC)cc2)sc2cc(F)ccc21. The summed E-state index contributed by atoms with van der Waals surface area (Å²) in [5.41, 5.74) is 1.07. The quantitative estimate of drug-likeness (QED) is 0.478. The van der Waals surface area contributed by atoms with E-state index in [1.807, 2.05) is 18.4 Å². The van der Waals surface area contributed by atoms with Gasteiger partial charge < -0.3 is 9.30 Å². The van der Waals surface area contributed by atoms with E-state index >= 15 is 0 Å². The van der Waals surface area contributed by atoms with Crippen LogP contribution in [0.25, 0.3) is 10.2 Å². The molecule has 0 aliphatic carbocycles. The molecule has 0 unspecified atom stereocenters. The van der Waals surface area contributed by atoms with Gasteiger partial charge in [-0.05, 0) is 55.6 Å². The van der Waals surface area contributed by atoms with Crippen LogP contribution in [0.1, 0.15) is 17.3 Å². The number of hydrogen-bond acceptors (Lipinski definition) is 5. The van der Waals surface area contributed by atoms with Gasteiger partial charge in [0.1, 0.15) is 12.4 Å². The third-order valence-electron chi connectivity index (χ3n) is 3.77. The largest absolute Gasteiger partial charge is 0.465 e. The third-order valence-corrected chi connectivity index (χ3v) is 5.56. The van der Waals surface area contributed by atoms with E-state index in [1.165, 1.54) is 12.1 Å². The molecule has 1 heterocycles. The Labute approximate surface area is 163 Å². The summed E-state index contributed by atoms with van der Waals surface area (Å²) in [6.45, 7) is 1.87. The minimum Gasteiger partial charge on any atom is -0.465 e. The maximum absolute atomic E-state index is 13.6. The van der Waals surface area contributed by atoms with Crippen LogP contribution in [0.5, 0.6) is 0 Å². The van der Waals surface area contributed by atoms with Crippen molar-refractivity contribution >= 4 is 45.2 Å². The number of fused-ring (bicyclic) bond motifs is 1. The van der Waals surface area contributed by atoms with Gasteiger partial charge in [-0.3, -0.25) is 9.59 Å². The number of benzene rings is 2. The summed E-state index contributed by atoms with van der Waals surface area (Å²) in [5.74, 6) is -1.26.